The van der Waals surface area contributed by atoms with Gasteiger partial charge in [-0.3, -0.25) is 15.2 Å². The van der Waals surface area contributed by atoms with Crippen LogP contribution in [0, 0.1) is 5.41 Å². The maximum absolute atomic E-state index is 12.1. The number of anilines is 1. The number of aliphatic carboxylic acids is 2. The smallest absolute Gasteiger partial charge is 0.480 e. The molecule has 31 heavy (non-hydrogen) atoms. The van der Waals surface area contributed by atoms with Gasteiger partial charge in [0.2, 0.25) is 5.96 Å². The number of aliphatic hydroxyl groups is 1. The lowest BCUT2D eigenvalue weighted by Crippen LogP contribution is -2.43. The normalized spacial score (nSPS) is 11.6. The molecule has 0 spiro atoms. The SMILES string of the molecule is N=C(N)N(Cl)c1cncc2cc(C(=O)N[C@@H](CO)C(=O)O)ccc12.O=C(O)C(F)(F)F. The Bertz CT molecular complexity index is 1000. The number of fused-ring (bicyclic) bond motifs is 1. The molecular weight excluding hydrogens is 451 g/mol. The first-order chi connectivity index (χ1) is 14.3. The molecule has 7 N–H and O–H groups in total. The predicted octanol–water partition coefficient (Wildman–Crippen LogP) is 0.897. The molecule has 0 bridgehead atoms. The van der Waals surface area contributed by atoms with Gasteiger partial charge in [0.25, 0.3) is 5.91 Å². The number of carboxylic acid groups (broad SMARTS) is 2. The van der Waals surface area contributed by atoms with Crippen molar-refractivity contribution in [3.8, 4) is 0 Å². The van der Waals surface area contributed by atoms with Gasteiger partial charge in [0, 0.05) is 34.3 Å². The van der Waals surface area contributed by atoms with Crippen LogP contribution < -0.4 is 15.5 Å². The quantitative estimate of drug-likeness (QED) is 0.211. The lowest BCUT2D eigenvalue weighted by atomic mass is 10.1. The van der Waals surface area contributed by atoms with E-state index in [-0.39, 0.29) is 11.5 Å². The van der Waals surface area contributed by atoms with E-state index in [0.717, 1.165) is 4.42 Å². The van der Waals surface area contributed by atoms with Gasteiger partial charge in [-0.25, -0.2) is 14.0 Å². The number of nitrogens with zero attached hydrogens (tertiary/aromatic N) is 2. The Morgan fingerprint density at radius 3 is 2.29 bits per heavy atom. The zero-order valence-corrected chi connectivity index (χ0v) is 16.0. The first kappa shape index (κ1) is 25.4. The molecule has 0 saturated heterocycles. The Labute approximate surface area is 176 Å². The molecule has 0 radical (unpaired) electrons. The number of pyridine rings is 1. The summed E-state index contributed by atoms with van der Waals surface area (Å²) in [5.41, 5.74) is 5.89. The first-order valence-electron chi connectivity index (χ1n) is 7.92. The summed E-state index contributed by atoms with van der Waals surface area (Å²) in [6.07, 6.45) is -2.18. The second-order valence-corrected chi connectivity index (χ2v) is 5.95. The predicted molar refractivity (Wildman–Crippen MR) is 102 cm³/mol. The van der Waals surface area contributed by atoms with E-state index in [0.29, 0.717) is 16.5 Å². The van der Waals surface area contributed by atoms with Gasteiger partial charge in [-0.15, -0.1) is 0 Å². The van der Waals surface area contributed by atoms with Gasteiger partial charge in [0.05, 0.1) is 18.5 Å². The van der Waals surface area contributed by atoms with Gasteiger partial charge >= 0.3 is 18.1 Å². The van der Waals surface area contributed by atoms with Crippen LogP contribution in [0.4, 0.5) is 18.9 Å². The third kappa shape index (κ3) is 6.97. The Kier molecular flexibility index (Phi) is 8.52. The van der Waals surface area contributed by atoms with E-state index in [9.17, 15) is 22.8 Å². The number of guanidine groups is 1. The number of carbonyl (C=O) groups excluding carboxylic acids is 1. The minimum atomic E-state index is -5.08. The number of nitrogens with one attached hydrogen (secondary N) is 2. The topological polar surface area (TPSA) is 190 Å². The summed E-state index contributed by atoms with van der Waals surface area (Å²) in [4.78, 5) is 35.8. The lowest BCUT2D eigenvalue weighted by Gasteiger charge is -2.16. The van der Waals surface area contributed by atoms with Gasteiger partial charge in [-0.05, 0) is 12.1 Å². The number of amides is 1. The van der Waals surface area contributed by atoms with E-state index in [1.807, 2.05) is 0 Å². The monoisotopic (exact) mass is 465 g/mol. The van der Waals surface area contributed by atoms with Crippen LogP contribution in [0.5, 0.6) is 0 Å². The maximum atomic E-state index is 12.1. The summed E-state index contributed by atoms with van der Waals surface area (Å²) in [6.45, 7) is -0.722. The number of rotatable bonds is 5. The van der Waals surface area contributed by atoms with E-state index in [2.05, 4.69) is 10.3 Å². The van der Waals surface area contributed by atoms with Crippen LogP contribution in [0.25, 0.3) is 10.8 Å². The molecular formula is C16H15ClF3N5O6. The first-order valence-corrected chi connectivity index (χ1v) is 8.25. The Balaban J connectivity index is 0.000000592. The fourth-order valence-corrected chi connectivity index (χ4v) is 2.15. The molecule has 1 aromatic heterocycles. The van der Waals surface area contributed by atoms with E-state index in [1.54, 1.807) is 6.07 Å². The minimum Gasteiger partial charge on any atom is -0.480 e. The molecule has 11 nitrogen and oxygen atoms in total. The number of hydrogen-bond donors (Lipinski definition) is 6. The fourth-order valence-electron chi connectivity index (χ4n) is 2.02. The van der Waals surface area contributed by atoms with Crippen LogP contribution in [0.3, 0.4) is 0 Å². The van der Waals surface area contributed by atoms with Crippen molar-refractivity contribution in [1.82, 2.24) is 10.3 Å². The molecule has 0 aliphatic heterocycles. The van der Waals surface area contributed by atoms with Crippen molar-refractivity contribution in [3.63, 3.8) is 0 Å². The Morgan fingerprint density at radius 1 is 1.26 bits per heavy atom. The minimum absolute atomic E-state index is 0.185. The second kappa shape index (κ2) is 10.4. The number of halogens is 4. The largest absolute Gasteiger partial charge is 0.490 e. The number of nitrogens with two attached hydrogens (primary N) is 1. The van der Waals surface area contributed by atoms with Crippen LogP contribution in [0.15, 0.2) is 30.6 Å². The summed E-state index contributed by atoms with van der Waals surface area (Å²) >= 11 is 5.92. The van der Waals surface area contributed by atoms with Gasteiger partial charge in [0.15, 0.2) is 6.04 Å². The molecule has 1 atom stereocenters. The number of benzene rings is 1. The average Bonchev–Trinajstić information content (AvgIpc) is 2.69. The summed E-state index contributed by atoms with van der Waals surface area (Å²) < 4.78 is 32.7. The molecule has 15 heteroatoms. The van der Waals surface area contributed by atoms with Crippen molar-refractivity contribution in [2.75, 3.05) is 11.0 Å². The highest BCUT2D eigenvalue weighted by molar-refractivity contribution is 6.38. The maximum Gasteiger partial charge on any atom is 0.490 e. The van der Waals surface area contributed by atoms with Crippen LogP contribution in [-0.4, -0.2) is 62.9 Å². The second-order valence-electron chi connectivity index (χ2n) is 5.61. The number of carboxylic acids is 2. The summed E-state index contributed by atoms with van der Waals surface area (Å²) in [7, 11) is 0. The third-order valence-corrected chi connectivity index (χ3v) is 3.82. The van der Waals surface area contributed by atoms with Gasteiger partial charge in [0.1, 0.15) is 0 Å². The van der Waals surface area contributed by atoms with Crippen molar-refractivity contribution in [2.45, 2.75) is 12.2 Å². The highest BCUT2D eigenvalue weighted by Crippen LogP contribution is 2.27. The van der Waals surface area contributed by atoms with Crippen molar-refractivity contribution >= 4 is 52.0 Å². The van der Waals surface area contributed by atoms with Crippen LogP contribution in [0.1, 0.15) is 10.4 Å². The molecule has 2 aromatic rings. The van der Waals surface area contributed by atoms with E-state index >= 15 is 0 Å². The van der Waals surface area contributed by atoms with Crippen LogP contribution >= 0.6 is 11.8 Å². The molecule has 0 fully saturated rings. The van der Waals surface area contributed by atoms with Crippen LogP contribution in [-0.2, 0) is 9.59 Å². The van der Waals surface area contributed by atoms with Crippen molar-refractivity contribution < 1.29 is 42.9 Å². The van der Waals surface area contributed by atoms with Gasteiger partial charge < -0.3 is 26.4 Å². The molecule has 0 aliphatic rings. The molecule has 0 saturated carbocycles. The standard InChI is InChI=1S/C14H14ClN5O4.C2HF3O2/c15-20(14(16)17)11-5-18-4-8-3-7(1-2-9(8)11)12(22)19-10(6-21)13(23)24;3-2(4,5)1(6)7/h1-5,10,21H,6H2,(H3,16,17)(H,19,22)(H,23,24);(H,6,7)/t10-;/m0./s1. The Morgan fingerprint density at radius 2 is 1.84 bits per heavy atom. The van der Waals surface area contributed by atoms with Crippen molar-refractivity contribution in [2.24, 2.45) is 5.73 Å². The number of alkyl halides is 3. The number of aromatic nitrogens is 1. The van der Waals surface area contributed by atoms with Crippen LogP contribution in [0.2, 0.25) is 0 Å². The molecule has 2 rings (SSSR count). The van der Waals surface area contributed by atoms with Gasteiger partial charge in [-0.1, -0.05) is 6.07 Å². The third-order valence-electron chi connectivity index (χ3n) is 3.45. The van der Waals surface area contributed by atoms with E-state index < -0.39 is 36.7 Å². The molecule has 1 heterocycles. The van der Waals surface area contributed by atoms with Crippen molar-refractivity contribution in [1.29, 1.82) is 5.41 Å². The number of hydrogen-bond acceptors (Lipinski definition) is 6. The highest BCUT2D eigenvalue weighted by atomic mass is 35.5. The molecule has 1 aromatic carbocycles. The van der Waals surface area contributed by atoms with Gasteiger partial charge in [-0.2, -0.15) is 13.2 Å². The molecule has 1 amide bonds. The van der Waals surface area contributed by atoms with E-state index in [1.165, 1.54) is 24.5 Å². The lowest BCUT2D eigenvalue weighted by molar-refractivity contribution is -0.192. The number of carbonyl (C=O) groups is 3. The zero-order valence-electron chi connectivity index (χ0n) is 15.2. The Hall–Kier alpha value is -3.65. The fraction of sp³-hybridized carbons (Fsp3) is 0.188. The summed E-state index contributed by atoms with van der Waals surface area (Å²) in [5.74, 6) is -5.14. The summed E-state index contributed by atoms with van der Waals surface area (Å²) in [6, 6.07) is 3.13. The average molecular weight is 466 g/mol. The highest BCUT2D eigenvalue weighted by Gasteiger charge is 2.38. The molecule has 168 valence electrons. The molecule has 0 aliphatic carbocycles. The van der Waals surface area contributed by atoms with Crippen molar-refractivity contribution in [3.05, 3.63) is 36.2 Å². The zero-order chi connectivity index (χ0) is 23.9. The molecule has 0 unspecified atom stereocenters. The summed E-state index contributed by atoms with van der Waals surface area (Å²) in [5, 5.41) is 35.6. The van der Waals surface area contributed by atoms with E-state index in [4.69, 9.17) is 43.0 Å². The number of aliphatic hydroxyl groups excluding tert-OH is 1.